The van der Waals surface area contributed by atoms with Crippen LogP contribution in [0.15, 0.2) is 84.2 Å². The Morgan fingerprint density at radius 2 is 1.88 bits per heavy atom. The number of aromatic nitrogens is 2. The predicted octanol–water partition coefficient (Wildman–Crippen LogP) is 6.86. The van der Waals surface area contributed by atoms with Crippen molar-refractivity contribution in [2.45, 2.75) is 82.3 Å². The van der Waals surface area contributed by atoms with Gasteiger partial charge in [0, 0.05) is 74.8 Å². The number of rotatable bonds is 15. The number of H-pyrrole nitrogens is 1. The number of hydrogen-bond acceptors (Lipinski definition) is 7. The lowest BCUT2D eigenvalue weighted by molar-refractivity contribution is -0.198. The summed E-state index contributed by atoms with van der Waals surface area (Å²) in [6.45, 7) is 14.8. The number of nitrogens with zero attached hydrogens (tertiary/aromatic N) is 2. The summed E-state index contributed by atoms with van der Waals surface area (Å²) in [6, 6.07) is 17.0. The summed E-state index contributed by atoms with van der Waals surface area (Å²) < 4.78 is 40.0. The maximum atomic E-state index is 13.5. The fraction of sp³-hybridized carbons (Fsp3) is 0.432. The van der Waals surface area contributed by atoms with Gasteiger partial charge in [0.2, 0.25) is 0 Å². The van der Waals surface area contributed by atoms with Crippen LogP contribution in [0, 0.1) is 0 Å². The van der Waals surface area contributed by atoms with Crippen molar-refractivity contribution in [2.75, 3.05) is 26.3 Å². The molecule has 0 aliphatic carbocycles. The van der Waals surface area contributed by atoms with Crippen molar-refractivity contribution in [2.24, 2.45) is 0 Å². The zero-order valence-corrected chi connectivity index (χ0v) is 31.1. The third-order valence-electron chi connectivity index (χ3n) is 9.50. The monoisotopic (exact) mass is 706 g/mol. The Bertz CT molecular complexity index is 1820. The van der Waals surface area contributed by atoms with E-state index in [0.717, 1.165) is 53.8 Å². The highest BCUT2D eigenvalue weighted by Gasteiger charge is 2.37. The van der Waals surface area contributed by atoms with Gasteiger partial charge in [-0.2, -0.15) is 0 Å². The van der Waals surface area contributed by atoms with E-state index < -0.39 is 30.5 Å². The van der Waals surface area contributed by atoms with Gasteiger partial charge in [-0.05, 0) is 84.4 Å². The number of benzene rings is 2. The molecule has 0 saturated carbocycles. The van der Waals surface area contributed by atoms with Gasteiger partial charge >= 0.3 is 0 Å². The summed E-state index contributed by atoms with van der Waals surface area (Å²) in [5, 5.41) is 1.37. The highest BCUT2D eigenvalue weighted by atomic mass is 32.2. The Balaban J connectivity index is 1.21. The van der Waals surface area contributed by atoms with Crippen molar-refractivity contribution in [1.29, 1.82) is 0 Å². The topological polar surface area (TPSA) is 115 Å². The van der Waals surface area contributed by atoms with Crippen LogP contribution < -0.4 is 5.48 Å². The number of aromatic amines is 1. The smallest absolute Gasteiger partial charge is 0.267 e. The van der Waals surface area contributed by atoms with Crippen molar-refractivity contribution >= 4 is 41.2 Å². The molecular formula is C37H50N4O6SSi. The van der Waals surface area contributed by atoms with Crippen LogP contribution in [0.1, 0.15) is 56.7 Å². The van der Waals surface area contributed by atoms with Crippen LogP contribution in [-0.2, 0) is 41.8 Å². The second kappa shape index (κ2) is 16.0. The van der Waals surface area contributed by atoms with E-state index in [1.807, 2.05) is 18.2 Å². The summed E-state index contributed by atoms with van der Waals surface area (Å²) in [4.78, 5) is 23.4. The maximum Gasteiger partial charge on any atom is 0.267 e. The van der Waals surface area contributed by atoms with Crippen molar-refractivity contribution < 1.29 is 27.2 Å². The molecule has 3 heterocycles. The van der Waals surface area contributed by atoms with Crippen LogP contribution in [0.4, 0.5) is 0 Å². The minimum atomic E-state index is -3.82. The molecular weight excluding hydrogens is 657 g/mol. The molecule has 12 heteroatoms. The lowest BCUT2D eigenvalue weighted by atomic mass is 10.1. The van der Waals surface area contributed by atoms with E-state index in [9.17, 15) is 13.2 Å². The molecule has 1 aliphatic heterocycles. The number of para-hydroxylation sites is 1. The van der Waals surface area contributed by atoms with Crippen molar-refractivity contribution in [1.82, 2.24) is 19.3 Å². The first-order valence-corrected chi connectivity index (χ1v) is 21.4. The van der Waals surface area contributed by atoms with Gasteiger partial charge in [0.05, 0.1) is 4.90 Å². The summed E-state index contributed by atoms with van der Waals surface area (Å²) in [5.74, 6) is -0.456. The molecule has 10 nitrogen and oxygen atoms in total. The van der Waals surface area contributed by atoms with E-state index in [2.05, 4.69) is 73.6 Å². The number of carbonyl (C=O) groups is 1. The van der Waals surface area contributed by atoms with E-state index in [1.165, 1.54) is 35.5 Å². The second-order valence-electron chi connectivity index (χ2n) is 14.1. The molecule has 4 aromatic rings. The number of ether oxygens (including phenoxy) is 1. The Morgan fingerprint density at radius 3 is 2.61 bits per heavy atom. The molecule has 1 aliphatic rings. The molecule has 2 aromatic carbocycles. The number of amides is 1. The number of fused-ring (bicyclic) bond motifs is 1. The second-order valence-corrected chi connectivity index (χ2v) is 20.8. The van der Waals surface area contributed by atoms with Crippen molar-refractivity contribution in [3.05, 3.63) is 96.0 Å². The van der Waals surface area contributed by atoms with Crippen molar-refractivity contribution in [3.8, 4) is 0 Å². The predicted molar refractivity (Wildman–Crippen MR) is 196 cm³/mol. The molecule has 1 atom stereocenters. The third kappa shape index (κ3) is 9.80. The number of hydrogen-bond donors (Lipinski definition) is 2. The summed E-state index contributed by atoms with van der Waals surface area (Å²) >= 11 is 0. The lowest BCUT2D eigenvalue weighted by Gasteiger charge is -2.37. The van der Waals surface area contributed by atoms with Crippen LogP contribution in [0.5, 0.6) is 0 Å². The molecule has 0 spiro atoms. The molecule has 2 aromatic heterocycles. The SMILES string of the molecule is CC(C)(C)[Si](C)(C)OCCN(CCc1c[nH]c2ccccc12)Cc1ccc(S(=O)(=O)n2ccc(/C=C/C(=O)NOC3CCCCO3)c2)cc1. The van der Waals surface area contributed by atoms with Crippen molar-refractivity contribution in [3.63, 3.8) is 0 Å². The zero-order valence-electron chi connectivity index (χ0n) is 29.3. The summed E-state index contributed by atoms with van der Waals surface area (Å²) in [6.07, 6.45) is 11.0. The summed E-state index contributed by atoms with van der Waals surface area (Å²) in [7, 11) is -5.72. The van der Waals surface area contributed by atoms with Gasteiger partial charge in [0.1, 0.15) is 0 Å². The fourth-order valence-corrected chi connectivity index (χ4v) is 7.69. The minimum Gasteiger partial charge on any atom is -0.416 e. The molecule has 5 rings (SSSR count). The Hall–Kier alpha value is -3.52. The minimum absolute atomic E-state index is 0.132. The quantitative estimate of drug-likeness (QED) is 0.0789. The van der Waals surface area contributed by atoms with E-state index in [-0.39, 0.29) is 9.93 Å². The van der Waals surface area contributed by atoms with Gasteiger partial charge in [0.25, 0.3) is 15.9 Å². The van der Waals surface area contributed by atoms with E-state index >= 15 is 0 Å². The van der Waals surface area contributed by atoms with Gasteiger partial charge < -0.3 is 14.1 Å². The number of hydroxylamine groups is 1. The van der Waals surface area contributed by atoms with E-state index in [0.29, 0.717) is 25.3 Å². The highest BCUT2D eigenvalue weighted by Crippen LogP contribution is 2.36. The van der Waals surface area contributed by atoms with Gasteiger partial charge in [-0.15, -0.1) is 0 Å². The van der Waals surface area contributed by atoms with Gasteiger partial charge in [0.15, 0.2) is 14.6 Å². The zero-order chi connectivity index (χ0) is 35.1. The molecule has 2 N–H and O–H groups in total. The molecule has 1 fully saturated rings. The standard InChI is InChI=1S/C37H50N4O6SSi/c1-37(2,3)49(4,5)46-25-23-40(21-20-31-26-38-34-11-7-6-10-33(31)34)27-29-13-16-32(17-14-29)48(43,44)41-22-19-30(28-41)15-18-35(42)39-47-36-12-8-9-24-45-36/h6-7,10-11,13-19,22,26,28,36,38H,8-9,12,20-21,23-25,27H2,1-5H3,(H,39,42)/b18-15+. The van der Waals surface area contributed by atoms with Crippen LogP contribution in [-0.4, -0.2) is 69.1 Å². The first-order chi connectivity index (χ1) is 23.3. The third-order valence-corrected chi connectivity index (χ3v) is 15.7. The fourth-order valence-electron chi connectivity index (χ4n) is 5.45. The van der Waals surface area contributed by atoms with Crippen LogP contribution in [0.25, 0.3) is 17.0 Å². The normalized spacial score (nSPS) is 16.2. The maximum absolute atomic E-state index is 13.5. The Labute approximate surface area is 291 Å². The van der Waals surface area contributed by atoms with E-state index in [1.54, 1.807) is 18.2 Å². The van der Waals surface area contributed by atoms with Crippen LogP contribution in [0.2, 0.25) is 18.1 Å². The van der Waals surface area contributed by atoms with Gasteiger partial charge in [-0.1, -0.05) is 51.1 Å². The number of carbonyl (C=O) groups excluding carboxylic acids is 1. The average Bonchev–Trinajstić information content (AvgIpc) is 3.73. The first kappa shape index (κ1) is 36.7. The molecule has 1 amide bonds. The highest BCUT2D eigenvalue weighted by molar-refractivity contribution is 7.90. The van der Waals surface area contributed by atoms with Crippen LogP contribution >= 0.6 is 0 Å². The largest absolute Gasteiger partial charge is 0.416 e. The molecule has 49 heavy (non-hydrogen) atoms. The lowest BCUT2D eigenvalue weighted by Crippen LogP contribution is -2.43. The molecule has 0 radical (unpaired) electrons. The molecule has 1 unspecified atom stereocenters. The van der Waals surface area contributed by atoms with Crippen LogP contribution in [0.3, 0.4) is 0 Å². The van der Waals surface area contributed by atoms with E-state index in [4.69, 9.17) is 14.0 Å². The average molecular weight is 707 g/mol. The molecule has 0 bridgehead atoms. The Kier molecular flexibility index (Phi) is 12.0. The number of nitrogens with one attached hydrogen (secondary N) is 2. The Morgan fingerprint density at radius 1 is 1.10 bits per heavy atom. The summed E-state index contributed by atoms with van der Waals surface area (Å²) in [5.41, 5.74) is 6.36. The van der Waals surface area contributed by atoms with Gasteiger partial charge in [-0.25, -0.2) is 22.7 Å². The molecule has 1 saturated heterocycles. The van der Waals surface area contributed by atoms with Gasteiger partial charge in [-0.3, -0.25) is 9.69 Å². The molecule has 264 valence electrons. The first-order valence-electron chi connectivity index (χ1n) is 17.0.